The molecule has 216 valence electrons. The van der Waals surface area contributed by atoms with Gasteiger partial charge in [-0.2, -0.15) is 9.37 Å². The first-order valence-electron chi connectivity index (χ1n) is 13.1. The van der Waals surface area contributed by atoms with Crippen molar-refractivity contribution < 1.29 is 32.5 Å². The Bertz CT molecular complexity index is 1920. The summed E-state index contributed by atoms with van der Waals surface area (Å²) in [5, 5.41) is 9.39. The zero-order valence-corrected chi connectivity index (χ0v) is 22.3. The number of ether oxygens (including phenoxy) is 2. The minimum atomic E-state index is -1.17. The summed E-state index contributed by atoms with van der Waals surface area (Å²) < 4.78 is 56.7. The van der Waals surface area contributed by atoms with E-state index in [4.69, 9.17) is 16.0 Å². The Morgan fingerprint density at radius 2 is 1.84 bits per heavy atom. The molecule has 6 rings (SSSR count). The van der Waals surface area contributed by atoms with Gasteiger partial charge in [0.15, 0.2) is 22.9 Å². The fourth-order valence-electron chi connectivity index (χ4n) is 4.59. The fraction of sp³-hybridized carbons (Fsp3) is 0.200. The van der Waals surface area contributed by atoms with Crippen molar-refractivity contribution in [3.63, 3.8) is 0 Å². The van der Waals surface area contributed by atoms with Crippen molar-refractivity contribution in [2.24, 2.45) is 0 Å². The zero-order valence-electron chi connectivity index (χ0n) is 22.3. The molecular formula is C30H21F3N6O4. The topological polar surface area (TPSA) is 117 Å². The second-order valence-corrected chi connectivity index (χ2v) is 9.77. The molecule has 0 spiro atoms. The quantitative estimate of drug-likeness (QED) is 0.225. The molecule has 0 amide bonds. The first-order valence-corrected chi connectivity index (χ1v) is 13.1. The van der Waals surface area contributed by atoms with Crippen LogP contribution in [0.25, 0.3) is 27.4 Å². The second kappa shape index (κ2) is 11.5. The number of carboxylic acid groups (broad SMARTS) is 1. The van der Waals surface area contributed by atoms with Crippen molar-refractivity contribution in [1.82, 2.24) is 24.5 Å². The lowest BCUT2D eigenvalue weighted by molar-refractivity contribution is -0.0590. The Morgan fingerprint density at radius 3 is 2.53 bits per heavy atom. The van der Waals surface area contributed by atoms with Gasteiger partial charge in [0.25, 0.3) is 5.88 Å². The lowest BCUT2D eigenvalue weighted by Crippen LogP contribution is -2.32. The molecule has 0 aliphatic carbocycles. The summed E-state index contributed by atoms with van der Waals surface area (Å²) >= 11 is 0. The number of halogens is 3. The van der Waals surface area contributed by atoms with Crippen LogP contribution in [0.3, 0.4) is 0 Å². The van der Waals surface area contributed by atoms with Gasteiger partial charge in [0.05, 0.1) is 25.4 Å². The summed E-state index contributed by atoms with van der Waals surface area (Å²) in [6.07, 6.45) is 1.70. The van der Waals surface area contributed by atoms with Gasteiger partial charge in [0.2, 0.25) is 5.82 Å². The third kappa shape index (κ3) is 5.73. The number of nitrogens with zero attached hydrogens (tertiary/aromatic N) is 6. The van der Waals surface area contributed by atoms with Gasteiger partial charge in [-0.15, -0.1) is 0 Å². The number of aromatic nitrogens is 5. The Morgan fingerprint density at radius 1 is 1.05 bits per heavy atom. The number of hydrogen-bond acceptors (Lipinski definition) is 7. The number of hydrogen-bond donors (Lipinski definition) is 1. The average Bonchev–Trinajstić information content (AvgIpc) is 3.31. The molecule has 1 aliphatic rings. The normalized spacial score (nSPS) is 14.3. The van der Waals surface area contributed by atoms with Crippen molar-refractivity contribution in [2.75, 3.05) is 6.61 Å². The smallest absolute Gasteiger partial charge is 0.354 e. The molecular weight excluding hydrogens is 565 g/mol. The molecule has 1 N–H and O–H groups in total. The van der Waals surface area contributed by atoms with Crippen LogP contribution in [-0.4, -0.2) is 48.3 Å². The van der Waals surface area contributed by atoms with Crippen LogP contribution in [0.15, 0.2) is 54.7 Å². The maximum absolute atomic E-state index is 15.4. The van der Waals surface area contributed by atoms with Gasteiger partial charge in [0, 0.05) is 24.2 Å². The predicted molar refractivity (Wildman–Crippen MR) is 146 cm³/mol. The molecule has 2 aromatic carbocycles. The number of benzene rings is 2. The summed E-state index contributed by atoms with van der Waals surface area (Å²) in [7, 11) is 0. The highest BCUT2D eigenvalue weighted by Gasteiger charge is 2.24. The Kier molecular flexibility index (Phi) is 7.43. The molecule has 1 atom stereocenters. The van der Waals surface area contributed by atoms with Gasteiger partial charge in [-0.25, -0.2) is 33.4 Å². The lowest BCUT2D eigenvalue weighted by Gasteiger charge is -2.27. The molecule has 13 heteroatoms. The number of pyridine rings is 1. The predicted octanol–water partition coefficient (Wildman–Crippen LogP) is 5.51. The molecule has 3 aromatic heterocycles. The molecule has 1 aliphatic heterocycles. The van der Waals surface area contributed by atoms with Crippen LogP contribution >= 0.6 is 0 Å². The average molecular weight is 587 g/mol. The first kappa shape index (κ1) is 27.8. The summed E-state index contributed by atoms with van der Waals surface area (Å²) in [4.78, 5) is 31.5. The van der Waals surface area contributed by atoms with Crippen molar-refractivity contribution in [3.8, 4) is 17.3 Å². The monoisotopic (exact) mass is 586 g/mol. The molecule has 0 unspecified atom stereocenters. The van der Waals surface area contributed by atoms with Crippen LogP contribution in [0.2, 0.25) is 0 Å². The Labute approximate surface area is 242 Å². The number of carboxylic acids is 1. The maximum atomic E-state index is 15.4. The maximum Gasteiger partial charge on any atom is 0.354 e. The largest absolute Gasteiger partial charge is 0.477 e. The Hall–Kier alpha value is -5.35. The molecule has 43 heavy (non-hydrogen) atoms. The summed E-state index contributed by atoms with van der Waals surface area (Å²) in [5.41, 5.74) is 1.49. The van der Waals surface area contributed by atoms with E-state index in [9.17, 15) is 18.7 Å². The van der Waals surface area contributed by atoms with E-state index in [1.807, 2.05) is 0 Å². The van der Waals surface area contributed by atoms with E-state index in [2.05, 4.69) is 24.8 Å². The van der Waals surface area contributed by atoms with E-state index >= 15 is 4.39 Å². The van der Waals surface area contributed by atoms with Crippen molar-refractivity contribution in [3.05, 3.63) is 106 Å². The van der Waals surface area contributed by atoms with Crippen LogP contribution in [-0.2, 0) is 24.3 Å². The number of imidazole rings is 1. The van der Waals surface area contributed by atoms with Gasteiger partial charge in [0.1, 0.15) is 29.6 Å². The van der Waals surface area contributed by atoms with Gasteiger partial charge in [-0.3, -0.25) is 0 Å². The van der Waals surface area contributed by atoms with Crippen molar-refractivity contribution in [2.45, 2.75) is 32.1 Å². The van der Waals surface area contributed by atoms with E-state index < -0.39 is 29.3 Å². The van der Waals surface area contributed by atoms with Crippen LogP contribution in [0.1, 0.15) is 33.9 Å². The SMILES string of the molecule is [C-]#[N+]c1ccc(COc2nc(-c3ccc(Cc4nc5ccc(C(=O)O)nc5n4C[C@@H]4CCO4)c(F)c3)ncc2F)c(F)c1. The number of aromatic carboxylic acids is 1. The molecule has 1 fully saturated rings. The highest BCUT2D eigenvalue weighted by atomic mass is 19.1. The minimum Gasteiger partial charge on any atom is -0.477 e. The fourth-order valence-corrected chi connectivity index (χ4v) is 4.59. The van der Waals surface area contributed by atoms with Crippen molar-refractivity contribution in [1.29, 1.82) is 0 Å². The molecule has 1 saturated heterocycles. The molecule has 0 radical (unpaired) electrons. The van der Waals surface area contributed by atoms with Gasteiger partial charge in [-0.1, -0.05) is 24.3 Å². The molecule has 5 aromatic rings. The molecule has 0 saturated carbocycles. The molecule has 4 heterocycles. The number of carbonyl (C=O) groups is 1. The zero-order chi connectivity index (χ0) is 30.1. The number of rotatable bonds is 9. The molecule has 0 bridgehead atoms. The second-order valence-electron chi connectivity index (χ2n) is 9.77. The highest BCUT2D eigenvalue weighted by Crippen LogP contribution is 2.27. The van der Waals surface area contributed by atoms with Crippen LogP contribution in [0, 0.1) is 24.0 Å². The third-order valence-corrected chi connectivity index (χ3v) is 6.97. The summed E-state index contributed by atoms with van der Waals surface area (Å²) in [6, 6.07) is 11.1. The van der Waals surface area contributed by atoms with E-state index in [0.29, 0.717) is 35.7 Å². The molecule has 10 nitrogen and oxygen atoms in total. The summed E-state index contributed by atoms with van der Waals surface area (Å²) in [6.45, 7) is 7.63. The van der Waals surface area contributed by atoms with Gasteiger partial charge < -0.3 is 19.1 Å². The van der Waals surface area contributed by atoms with E-state index in [1.54, 1.807) is 16.7 Å². The van der Waals surface area contributed by atoms with Crippen LogP contribution in [0.4, 0.5) is 18.9 Å². The van der Waals surface area contributed by atoms with E-state index in [0.717, 1.165) is 18.7 Å². The lowest BCUT2D eigenvalue weighted by atomic mass is 10.1. The summed E-state index contributed by atoms with van der Waals surface area (Å²) in [5.74, 6) is -3.28. The van der Waals surface area contributed by atoms with Crippen molar-refractivity contribution >= 4 is 22.8 Å². The van der Waals surface area contributed by atoms with E-state index in [-0.39, 0.29) is 47.5 Å². The van der Waals surface area contributed by atoms with Gasteiger partial charge >= 0.3 is 5.97 Å². The van der Waals surface area contributed by atoms with E-state index in [1.165, 1.54) is 30.3 Å². The highest BCUT2D eigenvalue weighted by molar-refractivity contribution is 5.88. The Balaban J connectivity index is 1.25. The first-order chi connectivity index (χ1) is 20.8. The van der Waals surface area contributed by atoms with Gasteiger partial charge in [-0.05, 0) is 36.2 Å². The van der Waals surface area contributed by atoms with Crippen LogP contribution < -0.4 is 4.74 Å². The third-order valence-electron chi connectivity index (χ3n) is 6.97. The van der Waals surface area contributed by atoms with Crippen LogP contribution in [0.5, 0.6) is 5.88 Å². The minimum absolute atomic E-state index is 0.00885. The standard InChI is InChI=1S/C30H21F3N6O4/c1-34-19-5-4-18(22(32)12-19)15-43-29-23(33)13-35-27(38-29)17-3-2-16(21(31)10-17)11-26-36-24-6-7-25(30(40)41)37-28(24)39(26)14-20-8-9-42-20/h2-7,10,12-13,20H,8-9,11,14-15H2,(H,40,41)/t20-/m0/s1. The number of fused-ring (bicyclic) bond motifs is 1.